The molecule has 1 amide bonds. The smallest absolute Gasteiger partial charge is 0.271 e. The molecule has 4 rings (SSSR count). The Kier molecular flexibility index (Phi) is 4.82. The van der Waals surface area contributed by atoms with E-state index in [4.69, 9.17) is 14.2 Å². The number of carbonyl (C=O) groups is 1. The van der Waals surface area contributed by atoms with Crippen molar-refractivity contribution in [3.8, 4) is 0 Å². The first-order valence-electron chi connectivity index (χ1n) is 8.99. The third kappa shape index (κ3) is 3.75. The molecule has 0 aromatic carbocycles. The van der Waals surface area contributed by atoms with Crippen LogP contribution in [0, 0.1) is 0 Å². The van der Waals surface area contributed by atoms with Crippen LogP contribution in [-0.4, -0.2) is 67.2 Å². The summed E-state index contributed by atoms with van der Waals surface area (Å²) in [7, 11) is 0. The number of amides is 1. The van der Waals surface area contributed by atoms with Gasteiger partial charge in [0.1, 0.15) is 11.5 Å². The van der Waals surface area contributed by atoms with Crippen LogP contribution in [0.3, 0.4) is 0 Å². The van der Waals surface area contributed by atoms with Crippen LogP contribution in [0.4, 0.5) is 5.82 Å². The van der Waals surface area contributed by atoms with Crippen LogP contribution in [0.5, 0.6) is 0 Å². The Balaban J connectivity index is 1.30. The minimum Gasteiger partial charge on any atom is -0.376 e. The topological polar surface area (TPSA) is 85.8 Å². The highest BCUT2D eigenvalue weighted by atomic mass is 16.7. The maximum absolute atomic E-state index is 12.1. The summed E-state index contributed by atoms with van der Waals surface area (Å²) in [5.74, 6) is 0.176. The number of nitrogens with zero attached hydrogens (tertiary/aromatic N) is 3. The van der Waals surface area contributed by atoms with Crippen LogP contribution in [-0.2, 0) is 14.2 Å². The Morgan fingerprint density at radius 1 is 1.20 bits per heavy atom. The van der Waals surface area contributed by atoms with Gasteiger partial charge in [0.15, 0.2) is 5.79 Å². The number of anilines is 1. The molecule has 0 bridgehead atoms. The highest BCUT2D eigenvalue weighted by Crippen LogP contribution is 2.32. The molecule has 1 atom stereocenters. The largest absolute Gasteiger partial charge is 0.376 e. The minimum absolute atomic E-state index is 0.122. The normalized spacial score (nSPS) is 25.4. The van der Waals surface area contributed by atoms with Crippen molar-refractivity contribution in [2.75, 3.05) is 44.4 Å². The molecule has 3 aliphatic heterocycles. The molecular weight excluding hydrogens is 324 g/mol. The van der Waals surface area contributed by atoms with Gasteiger partial charge >= 0.3 is 0 Å². The van der Waals surface area contributed by atoms with Gasteiger partial charge in [0.2, 0.25) is 0 Å². The number of rotatable bonds is 4. The second-order valence-corrected chi connectivity index (χ2v) is 6.70. The molecule has 1 aromatic heterocycles. The van der Waals surface area contributed by atoms with Crippen LogP contribution >= 0.6 is 0 Å². The van der Waals surface area contributed by atoms with E-state index in [1.165, 1.54) is 6.20 Å². The van der Waals surface area contributed by atoms with Gasteiger partial charge in [0, 0.05) is 39.1 Å². The molecule has 1 unspecified atom stereocenters. The Morgan fingerprint density at radius 2 is 2.00 bits per heavy atom. The summed E-state index contributed by atoms with van der Waals surface area (Å²) in [6.45, 7) is 4.27. The molecule has 0 radical (unpaired) electrons. The summed E-state index contributed by atoms with van der Waals surface area (Å²) >= 11 is 0. The van der Waals surface area contributed by atoms with Crippen molar-refractivity contribution in [3.63, 3.8) is 0 Å². The van der Waals surface area contributed by atoms with E-state index in [0.717, 1.165) is 51.2 Å². The predicted molar refractivity (Wildman–Crippen MR) is 89.4 cm³/mol. The SMILES string of the molecule is O=C(NCC1CCCO1)c1cnc(N2CCC3(CC2)OCCO3)cn1. The van der Waals surface area contributed by atoms with Gasteiger partial charge in [-0.1, -0.05) is 0 Å². The number of carbonyl (C=O) groups excluding carboxylic acids is 1. The fraction of sp³-hybridized carbons (Fsp3) is 0.706. The second kappa shape index (κ2) is 7.23. The Bertz CT molecular complexity index is 587. The Morgan fingerprint density at radius 3 is 2.64 bits per heavy atom. The fourth-order valence-corrected chi connectivity index (χ4v) is 3.57. The zero-order valence-corrected chi connectivity index (χ0v) is 14.3. The van der Waals surface area contributed by atoms with Crippen LogP contribution in [0.1, 0.15) is 36.2 Å². The zero-order valence-electron chi connectivity index (χ0n) is 14.3. The van der Waals surface area contributed by atoms with Crippen LogP contribution in [0.15, 0.2) is 12.4 Å². The number of hydrogen-bond acceptors (Lipinski definition) is 7. The quantitative estimate of drug-likeness (QED) is 0.858. The zero-order chi connectivity index (χ0) is 17.1. The summed E-state index contributed by atoms with van der Waals surface area (Å²) in [4.78, 5) is 23.0. The maximum atomic E-state index is 12.1. The van der Waals surface area contributed by atoms with E-state index in [1.54, 1.807) is 6.20 Å². The summed E-state index contributed by atoms with van der Waals surface area (Å²) in [6.07, 6.45) is 7.01. The first kappa shape index (κ1) is 16.7. The van der Waals surface area contributed by atoms with Crippen molar-refractivity contribution < 1.29 is 19.0 Å². The fourth-order valence-electron chi connectivity index (χ4n) is 3.57. The van der Waals surface area contributed by atoms with E-state index in [-0.39, 0.29) is 12.0 Å². The van der Waals surface area contributed by atoms with Crippen LogP contribution < -0.4 is 10.2 Å². The van der Waals surface area contributed by atoms with E-state index < -0.39 is 5.79 Å². The van der Waals surface area contributed by atoms with Gasteiger partial charge in [-0.3, -0.25) is 4.79 Å². The van der Waals surface area contributed by atoms with Crippen molar-refractivity contribution in [2.45, 2.75) is 37.6 Å². The molecule has 136 valence electrons. The molecule has 0 aliphatic carbocycles. The average Bonchev–Trinajstić information content (AvgIpc) is 3.33. The van der Waals surface area contributed by atoms with E-state index in [1.807, 2.05) is 0 Å². The molecule has 3 saturated heterocycles. The van der Waals surface area contributed by atoms with Crippen LogP contribution in [0.2, 0.25) is 0 Å². The molecule has 1 spiro atoms. The molecule has 8 nitrogen and oxygen atoms in total. The predicted octanol–water partition coefficient (Wildman–Crippen LogP) is 0.729. The monoisotopic (exact) mass is 348 g/mol. The lowest BCUT2D eigenvalue weighted by Crippen LogP contribution is -2.45. The Hall–Kier alpha value is -1.77. The summed E-state index contributed by atoms with van der Waals surface area (Å²) < 4.78 is 17.0. The summed E-state index contributed by atoms with van der Waals surface area (Å²) in [5, 5.41) is 2.86. The summed E-state index contributed by atoms with van der Waals surface area (Å²) in [5.41, 5.74) is 0.331. The molecule has 1 N–H and O–H groups in total. The van der Waals surface area contributed by atoms with Crippen LogP contribution in [0.25, 0.3) is 0 Å². The molecule has 4 heterocycles. The second-order valence-electron chi connectivity index (χ2n) is 6.70. The molecule has 3 aliphatic rings. The van der Waals surface area contributed by atoms with Gasteiger partial charge in [0.05, 0.1) is 31.7 Å². The van der Waals surface area contributed by atoms with Crippen molar-refractivity contribution in [3.05, 3.63) is 18.1 Å². The molecule has 8 heteroatoms. The molecule has 3 fully saturated rings. The maximum Gasteiger partial charge on any atom is 0.271 e. The highest BCUT2D eigenvalue weighted by molar-refractivity contribution is 5.92. The van der Waals surface area contributed by atoms with Crippen molar-refractivity contribution in [2.24, 2.45) is 0 Å². The number of hydrogen-bond donors (Lipinski definition) is 1. The van der Waals surface area contributed by atoms with E-state index >= 15 is 0 Å². The van der Waals surface area contributed by atoms with E-state index in [2.05, 4.69) is 20.2 Å². The number of ether oxygens (including phenoxy) is 3. The van der Waals surface area contributed by atoms with Gasteiger partial charge in [-0.05, 0) is 12.8 Å². The molecule has 25 heavy (non-hydrogen) atoms. The molecular formula is C17H24N4O4. The van der Waals surface area contributed by atoms with Gasteiger partial charge in [-0.25, -0.2) is 9.97 Å². The van der Waals surface area contributed by atoms with E-state index in [0.29, 0.717) is 25.5 Å². The average molecular weight is 348 g/mol. The standard InChI is InChI=1S/C17H24N4O4/c22-16(20-10-13-2-1-7-23-13)14-11-19-15(12-18-14)21-5-3-17(4-6-21)24-8-9-25-17/h11-13H,1-10H2,(H,20,22). The number of nitrogens with one attached hydrogen (secondary N) is 1. The molecule has 1 aromatic rings. The van der Waals surface area contributed by atoms with Crippen molar-refractivity contribution >= 4 is 11.7 Å². The van der Waals surface area contributed by atoms with Gasteiger partial charge in [0.25, 0.3) is 5.91 Å². The summed E-state index contributed by atoms with van der Waals surface area (Å²) in [6, 6.07) is 0. The lowest BCUT2D eigenvalue weighted by Gasteiger charge is -2.37. The lowest BCUT2D eigenvalue weighted by atomic mass is 10.0. The molecule has 0 saturated carbocycles. The lowest BCUT2D eigenvalue weighted by molar-refractivity contribution is -0.169. The third-order valence-corrected chi connectivity index (χ3v) is 5.05. The first-order chi connectivity index (χ1) is 12.2. The van der Waals surface area contributed by atoms with Gasteiger partial charge < -0.3 is 24.4 Å². The highest BCUT2D eigenvalue weighted by Gasteiger charge is 2.40. The third-order valence-electron chi connectivity index (χ3n) is 5.05. The number of aromatic nitrogens is 2. The number of piperidine rings is 1. The van der Waals surface area contributed by atoms with Gasteiger partial charge in [-0.15, -0.1) is 0 Å². The minimum atomic E-state index is -0.397. The van der Waals surface area contributed by atoms with Crippen molar-refractivity contribution in [1.82, 2.24) is 15.3 Å². The van der Waals surface area contributed by atoms with Crippen molar-refractivity contribution in [1.29, 1.82) is 0 Å². The van der Waals surface area contributed by atoms with Gasteiger partial charge in [-0.2, -0.15) is 0 Å². The Labute approximate surface area is 146 Å². The van der Waals surface area contributed by atoms with E-state index in [9.17, 15) is 4.79 Å². The first-order valence-corrected chi connectivity index (χ1v) is 8.99.